The monoisotopic (exact) mass is 642 g/mol. The van der Waals surface area contributed by atoms with E-state index < -0.39 is 36.9 Å². The summed E-state index contributed by atoms with van der Waals surface area (Å²) < 4.78 is 0. The molecule has 5 N–H and O–H groups in total. The minimum absolute atomic E-state index is 0.375. The number of carbonyl (C=O) groups excluding carboxylic acids is 1. The molecule has 0 saturated carbocycles. The number of unbranched alkanes of at least 4 members (excludes halogenated alkanes) is 27. The van der Waals surface area contributed by atoms with Crippen LogP contribution in [0, 0.1) is 0 Å². The van der Waals surface area contributed by atoms with Crippen molar-refractivity contribution in [3.63, 3.8) is 0 Å². The molecular formula is C39H79NO5. The second-order valence-electron chi connectivity index (χ2n) is 14.0. The van der Waals surface area contributed by atoms with Crippen LogP contribution in [0.15, 0.2) is 0 Å². The number of hydrogen-bond donors (Lipinski definition) is 5. The molecule has 0 bridgehead atoms. The molecule has 0 spiro atoms. The topological polar surface area (TPSA) is 110 Å². The minimum Gasteiger partial charge on any atom is -0.394 e. The largest absolute Gasteiger partial charge is 0.394 e. The zero-order valence-corrected chi connectivity index (χ0v) is 30.1. The van der Waals surface area contributed by atoms with E-state index in [1.807, 2.05) is 0 Å². The Kier molecular flexibility index (Phi) is 34.1. The van der Waals surface area contributed by atoms with E-state index in [-0.39, 0.29) is 0 Å². The van der Waals surface area contributed by atoms with Crippen molar-refractivity contribution in [3.05, 3.63) is 0 Å². The Morgan fingerprint density at radius 3 is 1.07 bits per heavy atom. The summed E-state index contributed by atoms with van der Waals surface area (Å²) in [6, 6.07) is -0.976. The third-order valence-corrected chi connectivity index (χ3v) is 9.57. The van der Waals surface area contributed by atoms with Crippen molar-refractivity contribution in [2.45, 2.75) is 237 Å². The fourth-order valence-corrected chi connectivity index (χ4v) is 6.34. The highest BCUT2D eigenvalue weighted by molar-refractivity contribution is 5.80. The first-order valence-electron chi connectivity index (χ1n) is 19.9. The van der Waals surface area contributed by atoms with Gasteiger partial charge < -0.3 is 25.7 Å². The van der Waals surface area contributed by atoms with Gasteiger partial charge in [0.1, 0.15) is 12.2 Å². The van der Waals surface area contributed by atoms with Crippen LogP contribution in [-0.2, 0) is 4.79 Å². The third kappa shape index (κ3) is 29.2. The number of amides is 1. The quantitative estimate of drug-likeness (QED) is 0.0438. The molecule has 270 valence electrons. The average Bonchev–Trinajstić information content (AvgIpc) is 3.04. The third-order valence-electron chi connectivity index (χ3n) is 9.57. The predicted octanol–water partition coefficient (Wildman–Crippen LogP) is 9.68. The van der Waals surface area contributed by atoms with E-state index in [4.69, 9.17) is 0 Å². The number of rotatable bonds is 36. The summed E-state index contributed by atoms with van der Waals surface area (Å²) in [4.78, 5) is 12.4. The van der Waals surface area contributed by atoms with Gasteiger partial charge in [0.05, 0.1) is 18.8 Å². The highest BCUT2D eigenvalue weighted by Crippen LogP contribution is 2.16. The van der Waals surface area contributed by atoms with Gasteiger partial charge >= 0.3 is 0 Å². The lowest BCUT2D eigenvalue weighted by Crippen LogP contribution is -2.53. The molecular weight excluding hydrogens is 562 g/mol. The fourth-order valence-electron chi connectivity index (χ4n) is 6.34. The molecule has 0 rings (SSSR count). The van der Waals surface area contributed by atoms with Gasteiger partial charge in [-0.2, -0.15) is 0 Å². The van der Waals surface area contributed by atoms with Crippen LogP contribution in [0.1, 0.15) is 213 Å². The van der Waals surface area contributed by atoms with Gasteiger partial charge in [-0.3, -0.25) is 4.79 Å². The van der Waals surface area contributed by atoms with Gasteiger partial charge in [0.25, 0.3) is 0 Å². The molecule has 0 heterocycles. The molecule has 0 aromatic heterocycles. The number of carbonyl (C=O) groups is 1. The zero-order chi connectivity index (χ0) is 33.2. The van der Waals surface area contributed by atoms with Gasteiger partial charge in [0.15, 0.2) is 0 Å². The van der Waals surface area contributed by atoms with E-state index in [1.165, 1.54) is 148 Å². The van der Waals surface area contributed by atoms with Crippen molar-refractivity contribution < 1.29 is 25.2 Å². The summed E-state index contributed by atoms with van der Waals surface area (Å²) in [6.45, 7) is 4.00. The Labute approximate surface area is 279 Å². The molecule has 0 fully saturated rings. The minimum atomic E-state index is -1.25. The maximum Gasteiger partial charge on any atom is 0.249 e. The van der Waals surface area contributed by atoms with Gasteiger partial charge in [-0.15, -0.1) is 0 Å². The first-order chi connectivity index (χ1) is 22.0. The fraction of sp³-hybridized carbons (Fsp3) is 0.974. The van der Waals surface area contributed by atoms with Crippen molar-refractivity contribution in [1.29, 1.82) is 0 Å². The normalized spacial score (nSPS) is 14.4. The smallest absolute Gasteiger partial charge is 0.249 e. The van der Waals surface area contributed by atoms with E-state index in [0.29, 0.717) is 12.8 Å². The second kappa shape index (κ2) is 34.6. The van der Waals surface area contributed by atoms with Gasteiger partial charge in [-0.25, -0.2) is 0 Å². The lowest BCUT2D eigenvalue weighted by molar-refractivity contribution is -0.132. The van der Waals surface area contributed by atoms with Crippen LogP contribution in [-0.4, -0.2) is 57.3 Å². The van der Waals surface area contributed by atoms with E-state index >= 15 is 0 Å². The van der Waals surface area contributed by atoms with Crippen molar-refractivity contribution in [3.8, 4) is 0 Å². The summed E-state index contributed by atoms with van der Waals surface area (Å²) in [5.74, 6) is -0.584. The van der Waals surface area contributed by atoms with E-state index in [1.54, 1.807) is 0 Å². The first kappa shape index (κ1) is 44.3. The van der Waals surface area contributed by atoms with Crippen LogP contribution < -0.4 is 5.32 Å². The first-order valence-corrected chi connectivity index (χ1v) is 19.9. The summed E-state index contributed by atoms with van der Waals surface area (Å²) >= 11 is 0. The summed E-state index contributed by atoms with van der Waals surface area (Å²) in [5.41, 5.74) is 0. The van der Waals surface area contributed by atoms with Crippen LogP contribution in [0.3, 0.4) is 0 Å². The van der Waals surface area contributed by atoms with Crippen molar-refractivity contribution in [1.82, 2.24) is 5.32 Å². The Hall–Kier alpha value is -0.690. The number of aliphatic hydroxyl groups excluding tert-OH is 4. The predicted molar refractivity (Wildman–Crippen MR) is 192 cm³/mol. The molecule has 0 aliphatic carbocycles. The standard InChI is InChI=1S/C39H79NO5/c1-3-5-7-9-11-12-13-14-15-16-17-18-19-20-21-22-23-24-25-27-29-31-33-37(43)39(45)40-35(34-41)38(44)36(42)32-30-28-26-10-8-6-4-2/h35-38,41-44H,3-34H2,1-2H3,(H,40,45). The van der Waals surface area contributed by atoms with Crippen LogP contribution >= 0.6 is 0 Å². The maximum atomic E-state index is 12.4. The van der Waals surface area contributed by atoms with Gasteiger partial charge in [-0.05, 0) is 12.8 Å². The highest BCUT2D eigenvalue weighted by atomic mass is 16.3. The molecule has 0 aliphatic rings. The number of aliphatic hydroxyl groups is 4. The lowest BCUT2D eigenvalue weighted by Gasteiger charge is -2.27. The Balaban J connectivity index is 3.61. The Morgan fingerprint density at radius 2 is 0.756 bits per heavy atom. The molecule has 0 saturated heterocycles. The molecule has 1 amide bonds. The molecule has 6 heteroatoms. The van der Waals surface area contributed by atoms with E-state index in [0.717, 1.165) is 38.5 Å². The average molecular weight is 642 g/mol. The van der Waals surface area contributed by atoms with Gasteiger partial charge in [0, 0.05) is 0 Å². The summed E-state index contributed by atoms with van der Waals surface area (Å²) in [7, 11) is 0. The molecule has 0 aromatic rings. The number of nitrogens with one attached hydrogen (secondary N) is 1. The molecule has 6 nitrogen and oxygen atoms in total. The van der Waals surface area contributed by atoms with Crippen LogP contribution in [0.2, 0.25) is 0 Å². The second-order valence-corrected chi connectivity index (χ2v) is 14.0. The van der Waals surface area contributed by atoms with Crippen LogP contribution in [0.25, 0.3) is 0 Å². The van der Waals surface area contributed by atoms with E-state index in [9.17, 15) is 25.2 Å². The van der Waals surface area contributed by atoms with Crippen molar-refractivity contribution in [2.24, 2.45) is 0 Å². The van der Waals surface area contributed by atoms with Gasteiger partial charge in [0.2, 0.25) is 5.91 Å². The highest BCUT2D eigenvalue weighted by Gasteiger charge is 2.28. The van der Waals surface area contributed by atoms with Gasteiger partial charge in [-0.1, -0.05) is 200 Å². The number of hydrogen-bond acceptors (Lipinski definition) is 5. The Morgan fingerprint density at radius 1 is 0.467 bits per heavy atom. The Bertz CT molecular complexity index is 604. The molecule has 0 aromatic carbocycles. The lowest BCUT2D eigenvalue weighted by atomic mass is 9.99. The summed E-state index contributed by atoms with van der Waals surface area (Å²) in [5, 5.41) is 43.2. The molecule has 45 heavy (non-hydrogen) atoms. The molecule has 4 unspecified atom stereocenters. The molecule has 4 atom stereocenters. The van der Waals surface area contributed by atoms with Crippen molar-refractivity contribution in [2.75, 3.05) is 6.61 Å². The van der Waals surface area contributed by atoms with Crippen LogP contribution in [0.4, 0.5) is 0 Å². The summed E-state index contributed by atoms with van der Waals surface area (Å²) in [6.07, 6.45) is 34.4. The van der Waals surface area contributed by atoms with E-state index in [2.05, 4.69) is 19.2 Å². The molecule has 0 radical (unpaired) electrons. The maximum absolute atomic E-state index is 12.4. The zero-order valence-electron chi connectivity index (χ0n) is 30.1. The SMILES string of the molecule is CCCCCCCCCCCCCCCCCCCCCCCCC(O)C(=O)NC(CO)C(O)C(O)CCCCCCCCC. The van der Waals surface area contributed by atoms with Crippen LogP contribution in [0.5, 0.6) is 0 Å². The molecule has 0 aliphatic heterocycles. The van der Waals surface area contributed by atoms with Crippen molar-refractivity contribution >= 4 is 5.91 Å².